The van der Waals surface area contributed by atoms with Gasteiger partial charge in [-0.15, -0.1) is 11.8 Å². The summed E-state index contributed by atoms with van der Waals surface area (Å²) in [6, 6.07) is -1.29. The van der Waals surface area contributed by atoms with Crippen LogP contribution in [0, 0.1) is 0 Å². The molecule has 0 aliphatic carbocycles. The molecule has 3 aliphatic rings. The second-order valence-electron chi connectivity index (χ2n) is 8.95. The van der Waals surface area contributed by atoms with E-state index in [9.17, 15) is 47.5 Å². The van der Waals surface area contributed by atoms with Crippen molar-refractivity contribution in [3.8, 4) is 0 Å². The Morgan fingerprint density at radius 2 is 1.98 bits per heavy atom. The summed E-state index contributed by atoms with van der Waals surface area (Å²) in [5.74, 6) is -4.57. The highest BCUT2D eigenvalue weighted by atomic mass is 32.2. The van der Waals surface area contributed by atoms with Gasteiger partial charge >= 0.3 is 24.0 Å². The largest absolute Gasteiger partial charge is 0.477 e. The van der Waals surface area contributed by atoms with Crippen molar-refractivity contribution in [1.29, 1.82) is 0 Å². The number of urea groups is 2. The Bertz CT molecular complexity index is 1440. The quantitative estimate of drug-likeness (QED) is 0.0902. The molecule has 1 aromatic heterocycles. The number of carbonyl (C=O) groups excluding carboxylic acids is 5. The number of aliphatic carboxylic acids is 1. The second kappa shape index (κ2) is 11.0. The first-order valence-corrected chi connectivity index (χ1v) is 14.5. The lowest BCUT2D eigenvalue weighted by Gasteiger charge is -2.56. The average Bonchev–Trinajstić information content (AvgIpc) is 3.57. The van der Waals surface area contributed by atoms with Crippen molar-refractivity contribution < 1.29 is 56.7 Å². The van der Waals surface area contributed by atoms with Gasteiger partial charge in [-0.2, -0.15) is 5.48 Å². The average molecular weight is 617 g/mol. The Hall–Kier alpha value is -4.14. The van der Waals surface area contributed by atoms with Crippen molar-refractivity contribution in [3.05, 3.63) is 35.4 Å². The molecule has 0 radical (unpaired) electrons. The molecule has 222 valence electrons. The lowest BCUT2D eigenvalue weighted by atomic mass is 9.95. The van der Waals surface area contributed by atoms with E-state index < -0.39 is 75.2 Å². The molecule has 20 heteroatoms. The lowest BCUT2D eigenvalue weighted by molar-refractivity contribution is -0.171. The standard InChI is InChI=1S/C21H24N6O12S2/c1-10(28)39-8-11-9-40-18-21(24-35,17(32)27(18)14(11)16(30)31)23-15(29)13(12-4-3-7-38-12)22-19(33)25-5-6-26(20(25)34)41(2,36)37/h3-4,7,13,18,24,35H,5-6,8-9H2,1-2H3,(H,22,33)(H,23,29)(H,30,31)/t13?,18-,21-/m0/s1. The molecule has 4 heterocycles. The summed E-state index contributed by atoms with van der Waals surface area (Å²) >= 11 is 0.947. The van der Waals surface area contributed by atoms with E-state index in [1.165, 1.54) is 18.4 Å². The number of hydroxylamine groups is 1. The van der Waals surface area contributed by atoms with Gasteiger partial charge < -0.3 is 30.1 Å². The number of furan rings is 1. The number of thioether (sulfide) groups is 1. The number of ether oxygens (including phenoxy) is 1. The van der Waals surface area contributed by atoms with Crippen LogP contribution < -0.4 is 16.1 Å². The zero-order valence-corrected chi connectivity index (χ0v) is 23.0. The van der Waals surface area contributed by atoms with Crippen LogP contribution in [-0.2, 0) is 33.9 Å². The first-order valence-electron chi connectivity index (χ1n) is 11.6. The number of hydrogen-bond donors (Lipinski definition) is 5. The van der Waals surface area contributed by atoms with Gasteiger partial charge in [-0.05, 0) is 12.1 Å². The molecule has 6 amide bonds. The number of imide groups is 1. The molecule has 18 nitrogen and oxygen atoms in total. The van der Waals surface area contributed by atoms with E-state index in [1.807, 2.05) is 0 Å². The highest BCUT2D eigenvalue weighted by Gasteiger charge is 2.66. The number of sulfonamides is 1. The van der Waals surface area contributed by atoms with Crippen molar-refractivity contribution in [2.24, 2.45) is 0 Å². The second-order valence-corrected chi connectivity index (χ2v) is 11.9. The first-order chi connectivity index (χ1) is 19.2. The molecule has 1 aromatic rings. The molecule has 0 spiro atoms. The van der Waals surface area contributed by atoms with E-state index in [-0.39, 0.29) is 30.2 Å². The molecule has 0 saturated carbocycles. The van der Waals surface area contributed by atoms with E-state index in [2.05, 4.69) is 10.6 Å². The Balaban J connectivity index is 1.56. The zero-order valence-electron chi connectivity index (χ0n) is 21.4. The number of nitrogens with one attached hydrogen (secondary N) is 3. The van der Waals surface area contributed by atoms with Gasteiger partial charge in [0.1, 0.15) is 23.4 Å². The molecule has 3 atom stereocenters. The third kappa shape index (κ3) is 5.33. The van der Waals surface area contributed by atoms with E-state index in [4.69, 9.17) is 9.15 Å². The number of carboxylic acids is 1. The van der Waals surface area contributed by atoms with Gasteiger partial charge in [0.25, 0.3) is 11.8 Å². The van der Waals surface area contributed by atoms with Crippen LogP contribution >= 0.6 is 11.8 Å². The molecule has 2 fully saturated rings. The molecule has 2 saturated heterocycles. The highest BCUT2D eigenvalue weighted by Crippen LogP contribution is 2.45. The predicted octanol–water partition coefficient (Wildman–Crippen LogP) is -1.66. The summed E-state index contributed by atoms with van der Waals surface area (Å²) in [7, 11) is -3.96. The smallest absolute Gasteiger partial charge is 0.352 e. The number of nitrogens with zero attached hydrogens (tertiary/aromatic N) is 3. The topological polar surface area (TPSA) is 245 Å². The van der Waals surface area contributed by atoms with Crippen molar-refractivity contribution in [1.82, 2.24) is 30.2 Å². The Morgan fingerprint density at radius 1 is 1.27 bits per heavy atom. The van der Waals surface area contributed by atoms with Crippen molar-refractivity contribution in [2.75, 3.05) is 31.7 Å². The maximum atomic E-state index is 13.4. The number of hydrogen-bond acceptors (Lipinski definition) is 13. The molecule has 0 bridgehead atoms. The van der Waals surface area contributed by atoms with Crippen LogP contribution in [0.5, 0.6) is 0 Å². The molecule has 1 unspecified atom stereocenters. The summed E-state index contributed by atoms with van der Waals surface area (Å²) < 4.78 is 34.2. The van der Waals surface area contributed by atoms with E-state index in [0.29, 0.717) is 9.21 Å². The molecule has 3 aliphatic heterocycles. The Morgan fingerprint density at radius 3 is 2.51 bits per heavy atom. The minimum Gasteiger partial charge on any atom is -0.477 e. The monoisotopic (exact) mass is 616 g/mol. The molecular formula is C21H24N6O12S2. The summed E-state index contributed by atoms with van der Waals surface area (Å²) in [6.45, 7) is 0.117. The molecule has 4 rings (SSSR count). The van der Waals surface area contributed by atoms with Gasteiger partial charge in [-0.3, -0.25) is 19.3 Å². The third-order valence-electron chi connectivity index (χ3n) is 6.28. The fourth-order valence-electron chi connectivity index (χ4n) is 4.37. The predicted molar refractivity (Wildman–Crippen MR) is 134 cm³/mol. The van der Waals surface area contributed by atoms with Gasteiger partial charge in [0.2, 0.25) is 15.7 Å². The van der Waals surface area contributed by atoms with Crippen LogP contribution in [-0.4, -0.2) is 111 Å². The van der Waals surface area contributed by atoms with E-state index in [1.54, 1.807) is 5.48 Å². The van der Waals surface area contributed by atoms with Crippen LogP contribution in [0.25, 0.3) is 0 Å². The minimum atomic E-state index is -3.96. The van der Waals surface area contributed by atoms with Gasteiger partial charge in [0.05, 0.1) is 25.6 Å². The summed E-state index contributed by atoms with van der Waals surface area (Å²) in [5.41, 5.74) is -0.894. The van der Waals surface area contributed by atoms with Gasteiger partial charge in [-0.25, -0.2) is 32.0 Å². The van der Waals surface area contributed by atoms with Crippen molar-refractivity contribution in [3.63, 3.8) is 0 Å². The number of esters is 1. The van der Waals surface area contributed by atoms with Crippen LogP contribution in [0.3, 0.4) is 0 Å². The number of rotatable bonds is 9. The number of carbonyl (C=O) groups is 6. The molecule has 0 aromatic carbocycles. The lowest BCUT2D eigenvalue weighted by Crippen LogP contribution is -2.85. The van der Waals surface area contributed by atoms with Gasteiger partial charge in [0.15, 0.2) is 6.04 Å². The Labute approximate surface area is 235 Å². The SMILES string of the molecule is CC(=O)OCC1=C(C(=O)O)N2C(=O)[C@@](NO)(NC(=O)C(NC(=O)N3CCN(S(C)(=O)=O)C3=O)c3ccco3)[C@@H]2SC1. The van der Waals surface area contributed by atoms with E-state index in [0.717, 1.165) is 29.8 Å². The van der Waals surface area contributed by atoms with Crippen LogP contribution in [0.4, 0.5) is 9.59 Å². The van der Waals surface area contributed by atoms with Crippen LogP contribution in [0.15, 0.2) is 34.1 Å². The number of carboxylic acid groups (broad SMARTS) is 1. The van der Waals surface area contributed by atoms with Crippen molar-refractivity contribution >= 4 is 57.6 Å². The van der Waals surface area contributed by atoms with Gasteiger partial charge in [-0.1, -0.05) is 0 Å². The molecule has 41 heavy (non-hydrogen) atoms. The molecular weight excluding hydrogens is 592 g/mol. The molecule has 5 N–H and O–H groups in total. The normalized spacial score (nSPS) is 23.1. The van der Waals surface area contributed by atoms with Crippen molar-refractivity contribution in [2.45, 2.75) is 24.0 Å². The summed E-state index contributed by atoms with van der Waals surface area (Å²) in [5, 5.41) is 23.1. The van der Waals surface area contributed by atoms with Crippen LogP contribution in [0.1, 0.15) is 18.7 Å². The summed E-state index contributed by atoms with van der Waals surface area (Å²) in [4.78, 5) is 76.6. The fourth-order valence-corrected chi connectivity index (χ4v) is 6.55. The van der Waals surface area contributed by atoms with E-state index >= 15 is 0 Å². The highest BCUT2D eigenvalue weighted by molar-refractivity contribution is 8.00. The Kier molecular flexibility index (Phi) is 8.02. The first kappa shape index (κ1) is 29.8. The maximum Gasteiger partial charge on any atom is 0.352 e. The number of β-lactam (4-membered cyclic amide) rings is 1. The van der Waals surface area contributed by atoms with Gasteiger partial charge in [0, 0.05) is 18.2 Å². The maximum absolute atomic E-state index is 13.4. The summed E-state index contributed by atoms with van der Waals surface area (Å²) in [6.07, 6.45) is 1.97. The number of amides is 6. The van der Waals surface area contributed by atoms with Crippen LogP contribution in [0.2, 0.25) is 0 Å². The number of fused-ring (bicyclic) bond motifs is 1. The minimum absolute atomic E-state index is 0.0467. The fraction of sp³-hybridized carbons (Fsp3) is 0.429. The zero-order chi connectivity index (χ0) is 30.3. The third-order valence-corrected chi connectivity index (χ3v) is 8.81.